The van der Waals surface area contributed by atoms with Crippen LogP contribution >= 0.6 is 11.8 Å². The maximum Gasteiger partial charge on any atom is 0.238 e. The fourth-order valence-electron chi connectivity index (χ4n) is 2.72. The first-order chi connectivity index (χ1) is 11.9. The van der Waals surface area contributed by atoms with Crippen molar-refractivity contribution in [3.63, 3.8) is 0 Å². The summed E-state index contributed by atoms with van der Waals surface area (Å²) in [6.07, 6.45) is 2.07. The van der Waals surface area contributed by atoms with Gasteiger partial charge in [0.05, 0.1) is 10.6 Å². The summed E-state index contributed by atoms with van der Waals surface area (Å²) < 4.78 is 25.0. The molecule has 1 aromatic heterocycles. The lowest BCUT2D eigenvalue weighted by molar-refractivity contribution is 0.598. The Balaban J connectivity index is 2.01. The Morgan fingerprint density at radius 1 is 1.04 bits per heavy atom. The quantitative estimate of drug-likeness (QED) is 0.682. The highest BCUT2D eigenvalue weighted by Gasteiger charge is 2.11. The number of nitrogens with two attached hydrogens (primary N) is 1. The summed E-state index contributed by atoms with van der Waals surface area (Å²) in [6, 6.07) is 17.2. The minimum Gasteiger partial charge on any atom is -0.316 e. The van der Waals surface area contributed by atoms with E-state index in [2.05, 4.69) is 48.0 Å². The van der Waals surface area contributed by atoms with Gasteiger partial charge >= 0.3 is 0 Å². The number of sulfonamides is 1. The van der Waals surface area contributed by atoms with E-state index in [0.29, 0.717) is 0 Å². The maximum absolute atomic E-state index is 11.4. The summed E-state index contributed by atoms with van der Waals surface area (Å²) in [5.74, 6) is 1.05. The first kappa shape index (κ1) is 17.8. The second-order valence-corrected chi connectivity index (χ2v) is 8.67. The summed E-state index contributed by atoms with van der Waals surface area (Å²) in [5, 5.41) is 5.17. The zero-order valence-corrected chi connectivity index (χ0v) is 15.8. The van der Waals surface area contributed by atoms with E-state index in [-0.39, 0.29) is 4.90 Å². The highest BCUT2D eigenvalue weighted by Crippen LogP contribution is 2.28. The first-order valence-corrected chi connectivity index (χ1v) is 10.5. The molecule has 0 amide bonds. The molecule has 4 nitrogen and oxygen atoms in total. The van der Waals surface area contributed by atoms with E-state index in [1.807, 2.05) is 18.7 Å². The van der Waals surface area contributed by atoms with Gasteiger partial charge in [0.15, 0.2) is 0 Å². The number of nitrogens with zero attached hydrogens (tertiary/aromatic N) is 1. The van der Waals surface area contributed by atoms with Crippen LogP contribution in [0.5, 0.6) is 0 Å². The van der Waals surface area contributed by atoms with E-state index in [4.69, 9.17) is 5.14 Å². The molecule has 0 saturated carbocycles. The Kier molecular flexibility index (Phi) is 5.03. The molecule has 0 radical (unpaired) electrons. The van der Waals surface area contributed by atoms with E-state index in [1.54, 1.807) is 24.3 Å². The number of aromatic nitrogens is 1. The van der Waals surface area contributed by atoms with Crippen molar-refractivity contribution in [3.8, 4) is 16.9 Å². The number of benzene rings is 2. The molecule has 0 aliphatic rings. The number of aryl methyl sites for hydroxylation is 1. The standard InChI is InChI=1S/C19H20N2O2S2/c1-3-24-17-8-6-16(7-9-17)21-13-14(2)12-19(21)15-4-10-18(11-5-15)25(20,22)23/h4-13H,3H2,1-2H3,(H2,20,22,23). The second kappa shape index (κ2) is 7.07. The van der Waals surface area contributed by atoms with Gasteiger partial charge in [0.2, 0.25) is 10.0 Å². The summed E-state index contributed by atoms with van der Waals surface area (Å²) in [7, 11) is -3.68. The molecular weight excluding hydrogens is 352 g/mol. The van der Waals surface area contributed by atoms with Gasteiger partial charge in [0, 0.05) is 16.8 Å². The topological polar surface area (TPSA) is 65.1 Å². The average molecular weight is 373 g/mol. The molecule has 2 aromatic carbocycles. The molecule has 130 valence electrons. The third kappa shape index (κ3) is 3.98. The Morgan fingerprint density at radius 3 is 2.24 bits per heavy atom. The van der Waals surface area contributed by atoms with Crippen molar-refractivity contribution in [1.82, 2.24) is 4.57 Å². The summed E-state index contributed by atoms with van der Waals surface area (Å²) in [4.78, 5) is 1.36. The predicted molar refractivity (Wildman–Crippen MR) is 104 cm³/mol. The van der Waals surface area contributed by atoms with Gasteiger partial charge in [-0.05, 0) is 66.3 Å². The first-order valence-electron chi connectivity index (χ1n) is 7.94. The van der Waals surface area contributed by atoms with Gasteiger partial charge in [-0.3, -0.25) is 0 Å². The Hall–Kier alpha value is -2.02. The summed E-state index contributed by atoms with van der Waals surface area (Å²) in [6.45, 7) is 4.18. The molecule has 1 heterocycles. The van der Waals surface area contributed by atoms with Crippen LogP contribution in [0.3, 0.4) is 0 Å². The molecule has 3 rings (SSSR count). The van der Waals surface area contributed by atoms with Gasteiger partial charge in [-0.15, -0.1) is 11.8 Å². The van der Waals surface area contributed by atoms with Crippen LogP contribution in [0.2, 0.25) is 0 Å². The normalized spacial score (nSPS) is 11.6. The van der Waals surface area contributed by atoms with Crippen LogP contribution < -0.4 is 5.14 Å². The third-order valence-corrected chi connectivity index (χ3v) is 5.68. The fraction of sp³-hybridized carbons (Fsp3) is 0.158. The Morgan fingerprint density at radius 2 is 1.68 bits per heavy atom. The number of hydrogen-bond acceptors (Lipinski definition) is 3. The molecule has 3 aromatic rings. The molecule has 0 saturated heterocycles. The SMILES string of the molecule is CCSc1ccc(-n2cc(C)cc2-c2ccc(S(N)(=O)=O)cc2)cc1. The smallest absolute Gasteiger partial charge is 0.238 e. The molecule has 0 atom stereocenters. The molecule has 0 spiro atoms. The highest BCUT2D eigenvalue weighted by atomic mass is 32.2. The fourth-order valence-corrected chi connectivity index (χ4v) is 3.89. The van der Waals surface area contributed by atoms with Crippen LogP contribution in [0.1, 0.15) is 12.5 Å². The summed E-state index contributed by atoms with van der Waals surface area (Å²) in [5.41, 5.74) is 4.15. The van der Waals surface area contributed by atoms with Crippen LogP contribution in [0.4, 0.5) is 0 Å². The Bertz CT molecular complexity index is 973. The minimum atomic E-state index is -3.68. The number of rotatable bonds is 5. The molecule has 0 bridgehead atoms. The van der Waals surface area contributed by atoms with Crippen LogP contribution in [0.25, 0.3) is 16.9 Å². The molecule has 0 aliphatic heterocycles. The van der Waals surface area contributed by atoms with Crippen molar-refractivity contribution in [3.05, 3.63) is 66.4 Å². The number of thioether (sulfide) groups is 1. The van der Waals surface area contributed by atoms with Crippen molar-refractivity contribution in [2.45, 2.75) is 23.6 Å². The molecular formula is C19H20N2O2S2. The van der Waals surface area contributed by atoms with Gasteiger partial charge in [0.1, 0.15) is 0 Å². The van der Waals surface area contributed by atoms with E-state index in [1.165, 1.54) is 4.90 Å². The van der Waals surface area contributed by atoms with Crippen molar-refractivity contribution in [2.24, 2.45) is 5.14 Å². The minimum absolute atomic E-state index is 0.118. The van der Waals surface area contributed by atoms with E-state index in [9.17, 15) is 8.42 Å². The number of hydrogen-bond donors (Lipinski definition) is 1. The van der Waals surface area contributed by atoms with E-state index >= 15 is 0 Å². The summed E-state index contributed by atoms with van der Waals surface area (Å²) >= 11 is 1.81. The molecule has 0 fully saturated rings. The van der Waals surface area contributed by atoms with Gasteiger partial charge in [-0.1, -0.05) is 19.1 Å². The second-order valence-electron chi connectivity index (χ2n) is 5.77. The lowest BCUT2D eigenvalue weighted by Gasteiger charge is -2.11. The molecule has 25 heavy (non-hydrogen) atoms. The lowest BCUT2D eigenvalue weighted by Crippen LogP contribution is -2.11. The van der Waals surface area contributed by atoms with Crippen LogP contribution in [-0.2, 0) is 10.0 Å². The van der Waals surface area contributed by atoms with Crippen molar-refractivity contribution in [1.29, 1.82) is 0 Å². The van der Waals surface area contributed by atoms with Gasteiger partial charge in [-0.25, -0.2) is 13.6 Å². The maximum atomic E-state index is 11.4. The van der Waals surface area contributed by atoms with E-state index < -0.39 is 10.0 Å². The van der Waals surface area contributed by atoms with Crippen molar-refractivity contribution in [2.75, 3.05) is 5.75 Å². The molecule has 0 aliphatic carbocycles. The molecule has 6 heteroatoms. The third-order valence-electron chi connectivity index (χ3n) is 3.86. The molecule has 0 unspecified atom stereocenters. The van der Waals surface area contributed by atoms with Gasteiger partial charge in [0.25, 0.3) is 0 Å². The number of primary sulfonamides is 1. The highest BCUT2D eigenvalue weighted by molar-refractivity contribution is 7.99. The van der Waals surface area contributed by atoms with Crippen LogP contribution in [0.15, 0.2) is 70.6 Å². The van der Waals surface area contributed by atoms with Crippen molar-refractivity contribution >= 4 is 21.8 Å². The molecule has 2 N–H and O–H groups in total. The Labute approximate surface area is 152 Å². The van der Waals surface area contributed by atoms with Gasteiger partial charge in [-0.2, -0.15) is 0 Å². The van der Waals surface area contributed by atoms with E-state index in [0.717, 1.165) is 28.3 Å². The van der Waals surface area contributed by atoms with Gasteiger partial charge < -0.3 is 4.57 Å². The van der Waals surface area contributed by atoms with Crippen molar-refractivity contribution < 1.29 is 8.42 Å². The lowest BCUT2D eigenvalue weighted by atomic mass is 10.1. The largest absolute Gasteiger partial charge is 0.316 e. The van der Waals surface area contributed by atoms with Crippen LogP contribution in [0, 0.1) is 6.92 Å². The zero-order valence-electron chi connectivity index (χ0n) is 14.1. The monoisotopic (exact) mass is 372 g/mol. The predicted octanol–water partition coefficient (Wildman–Crippen LogP) is 4.21. The average Bonchev–Trinajstić information content (AvgIpc) is 2.97. The zero-order chi connectivity index (χ0) is 18.0. The van der Waals surface area contributed by atoms with Crippen LogP contribution in [-0.4, -0.2) is 18.7 Å².